The summed E-state index contributed by atoms with van der Waals surface area (Å²) in [5.41, 5.74) is 0. The highest BCUT2D eigenvalue weighted by atomic mass is 35.7. The molecule has 0 saturated heterocycles. The normalized spacial score (nSPS) is 11.3. The van der Waals surface area contributed by atoms with E-state index in [0.29, 0.717) is 0 Å². The average molecular weight is 336 g/mol. The number of aromatic nitrogens is 2. The fourth-order valence-corrected chi connectivity index (χ4v) is 2.18. The summed E-state index contributed by atoms with van der Waals surface area (Å²) in [5.74, 6) is 0. The number of halogens is 1. The van der Waals surface area contributed by atoms with Crippen LogP contribution in [0.25, 0.3) is 0 Å². The van der Waals surface area contributed by atoms with Crippen LogP contribution in [0.4, 0.5) is 0 Å². The molecule has 2 N–H and O–H groups in total. The zero-order valence-corrected chi connectivity index (χ0v) is 12.3. The zero-order chi connectivity index (χ0) is 15.2. The Labute approximate surface area is 120 Å². The summed E-state index contributed by atoms with van der Waals surface area (Å²) >= 11 is 0. The van der Waals surface area contributed by atoms with Crippen molar-refractivity contribution < 1.29 is 16.8 Å². The van der Waals surface area contributed by atoms with E-state index >= 15 is 0 Å². The van der Waals surface area contributed by atoms with Gasteiger partial charge < -0.3 is 0 Å². The van der Waals surface area contributed by atoms with Crippen molar-refractivity contribution in [1.82, 2.24) is 9.97 Å². The first kappa shape index (κ1) is 16.5. The molecule has 2 heterocycles. The van der Waals surface area contributed by atoms with Crippen molar-refractivity contribution >= 4 is 29.8 Å². The molecule has 2 rings (SSSR count). The van der Waals surface area contributed by atoms with Crippen molar-refractivity contribution in [1.29, 1.82) is 0 Å². The van der Waals surface area contributed by atoms with Gasteiger partial charge in [-0.15, -0.1) is 0 Å². The Balaban J connectivity index is 0.000000200. The first-order valence-corrected chi connectivity index (χ1v) is 8.84. The Morgan fingerprint density at radius 1 is 0.900 bits per heavy atom. The van der Waals surface area contributed by atoms with Crippen molar-refractivity contribution in [3.8, 4) is 0 Å². The minimum Gasteiger partial charge on any atom is -0.263 e. The van der Waals surface area contributed by atoms with E-state index < -0.39 is 19.1 Å². The molecule has 0 fully saturated rings. The number of rotatable bonds is 2. The molecule has 0 aromatic carbocycles. The van der Waals surface area contributed by atoms with Gasteiger partial charge in [0.2, 0.25) is 10.0 Å². The van der Waals surface area contributed by atoms with Crippen LogP contribution in [0, 0.1) is 0 Å². The van der Waals surface area contributed by atoms with E-state index in [1.54, 1.807) is 0 Å². The number of sulfonamides is 1. The summed E-state index contributed by atoms with van der Waals surface area (Å²) in [7, 11) is -2.17. The quantitative estimate of drug-likeness (QED) is 0.808. The van der Waals surface area contributed by atoms with Crippen LogP contribution in [0.1, 0.15) is 0 Å². The Morgan fingerprint density at radius 3 is 1.55 bits per heavy atom. The number of hydrogen-bond acceptors (Lipinski definition) is 6. The highest BCUT2D eigenvalue weighted by molar-refractivity contribution is 8.13. The molecule has 0 aliphatic carbocycles. The summed E-state index contributed by atoms with van der Waals surface area (Å²) in [5, 5.41) is 4.79. The third-order valence-electron chi connectivity index (χ3n) is 1.88. The van der Waals surface area contributed by atoms with Gasteiger partial charge in [-0.05, 0) is 24.3 Å². The number of nitrogens with zero attached hydrogens (tertiary/aromatic N) is 2. The molecule has 0 atom stereocenters. The first-order chi connectivity index (χ1) is 9.21. The Bertz CT molecular complexity index is 682. The zero-order valence-electron chi connectivity index (χ0n) is 9.92. The predicted molar refractivity (Wildman–Crippen MR) is 72.9 cm³/mol. The second-order valence-corrected chi connectivity index (χ2v) is 7.49. The van der Waals surface area contributed by atoms with Crippen molar-refractivity contribution in [3.63, 3.8) is 0 Å². The third-order valence-corrected chi connectivity index (χ3v) is 4.12. The molecule has 0 saturated carbocycles. The van der Waals surface area contributed by atoms with Gasteiger partial charge in [-0.25, -0.2) is 22.0 Å². The highest BCUT2D eigenvalue weighted by Gasteiger charge is 2.07. The van der Waals surface area contributed by atoms with E-state index in [9.17, 15) is 16.8 Å². The van der Waals surface area contributed by atoms with Crippen LogP contribution in [0.2, 0.25) is 0 Å². The lowest BCUT2D eigenvalue weighted by atomic mass is 10.5. The van der Waals surface area contributed by atoms with Crippen LogP contribution in [0.3, 0.4) is 0 Å². The summed E-state index contributed by atoms with van der Waals surface area (Å²) in [6.45, 7) is 0. The van der Waals surface area contributed by atoms with Crippen LogP contribution in [0.15, 0.2) is 58.8 Å². The Morgan fingerprint density at radius 2 is 1.35 bits per heavy atom. The molecule has 0 unspecified atom stereocenters. The molecule has 2 aromatic heterocycles. The van der Waals surface area contributed by atoms with Crippen LogP contribution in [-0.2, 0) is 19.1 Å². The van der Waals surface area contributed by atoms with E-state index in [1.165, 1.54) is 49.1 Å². The smallest absolute Gasteiger partial charge is 0.262 e. The van der Waals surface area contributed by atoms with Crippen LogP contribution < -0.4 is 5.14 Å². The van der Waals surface area contributed by atoms with Gasteiger partial charge in [-0.1, -0.05) is 0 Å². The second kappa shape index (κ2) is 6.75. The molecule has 0 spiro atoms. The number of pyridine rings is 2. The van der Waals surface area contributed by atoms with Crippen molar-refractivity contribution in [3.05, 3.63) is 49.1 Å². The monoisotopic (exact) mass is 335 g/mol. The predicted octanol–water partition coefficient (Wildman–Crippen LogP) is 0.738. The number of primary sulfonamides is 1. The molecule has 0 bridgehead atoms. The maximum absolute atomic E-state index is 10.6. The summed E-state index contributed by atoms with van der Waals surface area (Å²) in [6, 6.07) is 5.80. The van der Waals surface area contributed by atoms with Gasteiger partial charge in [-0.3, -0.25) is 9.97 Å². The maximum atomic E-state index is 10.6. The molecule has 108 valence electrons. The lowest BCUT2D eigenvalue weighted by Gasteiger charge is -1.92. The lowest BCUT2D eigenvalue weighted by molar-refractivity contribution is 0.597. The van der Waals surface area contributed by atoms with Crippen molar-refractivity contribution in [2.75, 3.05) is 0 Å². The molecule has 0 radical (unpaired) electrons. The van der Waals surface area contributed by atoms with Crippen molar-refractivity contribution in [2.24, 2.45) is 5.14 Å². The standard InChI is InChI=1S/C5H4ClNO2S.C5H6N2O2S/c2*6-10(8,9)5-2-1-3-7-4-5/h1-4H;1-4H,(H2,6,8,9). The number of hydrogen-bond donors (Lipinski definition) is 1. The van der Waals surface area contributed by atoms with Gasteiger partial charge in [-0.2, -0.15) is 0 Å². The largest absolute Gasteiger partial charge is 0.263 e. The van der Waals surface area contributed by atoms with E-state index in [1.807, 2.05) is 0 Å². The van der Waals surface area contributed by atoms with Crippen LogP contribution in [0.5, 0.6) is 0 Å². The van der Waals surface area contributed by atoms with E-state index in [4.69, 9.17) is 15.8 Å². The molecule has 10 heteroatoms. The van der Waals surface area contributed by atoms with Gasteiger partial charge in [0.1, 0.15) is 9.79 Å². The minimum absolute atomic E-state index is 0.0247. The van der Waals surface area contributed by atoms with Gasteiger partial charge in [0, 0.05) is 35.5 Å². The lowest BCUT2D eigenvalue weighted by Crippen LogP contribution is -2.11. The molecule has 2 aromatic rings. The Hall–Kier alpha value is -1.55. The van der Waals surface area contributed by atoms with E-state index in [0.717, 1.165) is 0 Å². The van der Waals surface area contributed by atoms with Crippen LogP contribution in [-0.4, -0.2) is 26.8 Å². The van der Waals surface area contributed by atoms with Crippen molar-refractivity contribution in [2.45, 2.75) is 9.79 Å². The molecule has 0 amide bonds. The van der Waals surface area contributed by atoms with E-state index in [-0.39, 0.29) is 9.79 Å². The summed E-state index contributed by atoms with van der Waals surface area (Å²) in [6.07, 6.45) is 5.36. The van der Waals surface area contributed by atoms with Gasteiger partial charge in [0.25, 0.3) is 9.05 Å². The third kappa shape index (κ3) is 5.61. The average Bonchev–Trinajstić information content (AvgIpc) is 2.40. The molecular formula is C10H10ClN3O4S2. The van der Waals surface area contributed by atoms with Gasteiger partial charge in [0.15, 0.2) is 0 Å². The molecule has 0 aliphatic heterocycles. The molecule has 20 heavy (non-hydrogen) atoms. The van der Waals surface area contributed by atoms with Gasteiger partial charge >= 0.3 is 0 Å². The molecule has 7 nitrogen and oxygen atoms in total. The summed E-state index contributed by atoms with van der Waals surface area (Å²) < 4.78 is 42.3. The maximum Gasteiger partial charge on any atom is 0.262 e. The first-order valence-electron chi connectivity index (χ1n) is 4.99. The van der Waals surface area contributed by atoms with E-state index in [2.05, 4.69) is 9.97 Å². The number of nitrogens with two attached hydrogens (primary N) is 1. The fourth-order valence-electron chi connectivity index (χ4n) is 1.01. The second-order valence-electron chi connectivity index (χ2n) is 3.36. The fraction of sp³-hybridized carbons (Fsp3) is 0. The SMILES string of the molecule is NS(=O)(=O)c1cccnc1.O=S(=O)(Cl)c1cccnc1. The minimum atomic E-state index is -3.59. The topological polar surface area (TPSA) is 120 Å². The molecular weight excluding hydrogens is 326 g/mol. The molecule has 0 aliphatic rings. The highest BCUT2D eigenvalue weighted by Crippen LogP contribution is 2.11. The Kier molecular flexibility index (Phi) is 5.57. The summed E-state index contributed by atoms with van der Waals surface area (Å²) in [4.78, 5) is 7.24. The van der Waals surface area contributed by atoms with Crippen LogP contribution >= 0.6 is 10.7 Å². The van der Waals surface area contributed by atoms with Gasteiger partial charge in [0.05, 0.1) is 0 Å².